The lowest BCUT2D eigenvalue weighted by atomic mass is 9.65. The molecule has 2 fully saturated rings. The Morgan fingerprint density at radius 1 is 1.23 bits per heavy atom. The number of carbonyl (C=O) groups is 1. The molecule has 1 aromatic carbocycles. The van der Waals surface area contributed by atoms with Crippen LogP contribution in [0.2, 0.25) is 0 Å². The molecule has 0 radical (unpaired) electrons. The van der Waals surface area contributed by atoms with E-state index in [2.05, 4.69) is 36.5 Å². The minimum Gasteiger partial charge on any atom is -0.356 e. The highest BCUT2D eigenvalue weighted by Gasteiger charge is 2.40. The second kappa shape index (κ2) is 6.82. The Balaban J connectivity index is 1.49. The number of fused-ring (bicyclic) bond motifs is 2. The number of benzene rings is 1. The van der Waals surface area contributed by atoms with Gasteiger partial charge in [-0.05, 0) is 62.0 Å². The van der Waals surface area contributed by atoms with Crippen molar-refractivity contribution < 1.29 is 4.79 Å². The van der Waals surface area contributed by atoms with Crippen molar-refractivity contribution in [3.63, 3.8) is 0 Å². The fourth-order valence-electron chi connectivity index (χ4n) is 4.36. The molecule has 2 unspecified atom stereocenters. The first-order chi connectivity index (χ1) is 10.6. The summed E-state index contributed by atoms with van der Waals surface area (Å²) in [7, 11) is 0. The average molecular weight is 300 g/mol. The van der Waals surface area contributed by atoms with Crippen molar-refractivity contribution in [1.29, 1.82) is 0 Å². The molecule has 2 atom stereocenters. The number of rotatable bonds is 4. The van der Waals surface area contributed by atoms with Crippen molar-refractivity contribution in [2.45, 2.75) is 51.5 Å². The van der Waals surface area contributed by atoms with Crippen molar-refractivity contribution in [2.75, 3.05) is 6.54 Å². The van der Waals surface area contributed by atoms with E-state index in [1.54, 1.807) is 0 Å². The molecule has 1 aromatic rings. The summed E-state index contributed by atoms with van der Waals surface area (Å²) in [5.74, 6) is 1.57. The van der Waals surface area contributed by atoms with Gasteiger partial charge in [-0.25, -0.2) is 0 Å². The maximum Gasteiger partial charge on any atom is 0.223 e. The van der Waals surface area contributed by atoms with Crippen LogP contribution < -0.4 is 11.1 Å². The van der Waals surface area contributed by atoms with Gasteiger partial charge >= 0.3 is 0 Å². The maximum absolute atomic E-state index is 12.5. The molecule has 120 valence electrons. The molecule has 0 spiro atoms. The Hall–Kier alpha value is -1.35. The van der Waals surface area contributed by atoms with Gasteiger partial charge in [0, 0.05) is 18.5 Å². The highest BCUT2D eigenvalue weighted by Crippen LogP contribution is 2.41. The van der Waals surface area contributed by atoms with Crippen LogP contribution in [0.1, 0.15) is 43.2 Å². The van der Waals surface area contributed by atoms with Crippen LogP contribution in [-0.4, -0.2) is 18.5 Å². The normalized spacial score (nSPS) is 30.8. The average Bonchev–Trinajstić information content (AvgIpc) is 2.49. The van der Waals surface area contributed by atoms with Crippen LogP contribution in [-0.2, 0) is 11.2 Å². The van der Waals surface area contributed by atoms with Gasteiger partial charge in [0.2, 0.25) is 5.91 Å². The van der Waals surface area contributed by atoms with E-state index in [0.717, 1.165) is 25.8 Å². The molecular formula is C19H28N2O. The Kier molecular flexibility index (Phi) is 4.82. The van der Waals surface area contributed by atoms with Crippen molar-refractivity contribution in [3.05, 3.63) is 35.4 Å². The van der Waals surface area contributed by atoms with Crippen LogP contribution >= 0.6 is 0 Å². The Morgan fingerprint density at radius 3 is 2.59 bits per heavy atom. The van der Waals surface area contributed by atoms with Crippen LogP contribution in [0.4, 0.5) is 0 Å². The molecule has 22 heavy (non-hydrogen) atoms. The highest BCUT2D eigenvalue weighted by atomic mass is 16.1. The Morgan fingerprint density at radius 2 is 1.91 bits per heavy atom. The van der Waals surface area contributed by atoms with Gasteiger partial charge in [0.1, 0.15) is 0 Å². The number of amides is 1. The van der Waals surface area contributed by atoms with E-state index < -0.39 is 0 Å². The number of hydrogen-bond donors (Lipinski definition) is 2. The molecule has 3 nitrogen and oxygen atoms in total. The van der Waals surface area contributed by atoms with Crippen molar-refractivity contribution in [2.24, 2.45) is 23.5 Å². The van der Waals surface area contributed by atoms with Gasteiger partial charge in [0.15, 0.2) is 0 Å². The lowest BCUT2D eigenvalue weighted by Gasteiger charge is -2.43. The Bertz CT molecular complexity index is 514. The number of carbonyl (C=O) groups excluding carboxylic acids is 1. The number of nitrogens with two attached hydrogens (primary N) is 1. The molecule has 0 saturated heterocycles. The quantitative estimate of drug-likeness (QED) is 0.898. The minimum atomic E-state index is 0.187. The second-order valence-corrected chi connectivity index (χ2v) is 7.16. The number of hydrogen-bond acceptors (Lipinski definition) is 2. The summed E-state index contributed by atoms with van der Waals surface area (Å²) in [6.07, 6.45) is 6.62. The zero-order valence-corrected chi connectivity index (χ0v) is 13.6. The Labute approximate surface area is 133 Å². The van der Waals surface area contributed by atoms with Gasteiger partial charge in [0.25, 0.3) is 0 Å². The fraction of sp³-hybridized carbons (Fsp3) is 0.632. The summed E-state index contributed by atoms with van der Waals surface area (Å²) >= 11 is 0. The smallest absolute Gasteiger partial charge is 0.223 e. The third kappa shape index (κ3) is 3.35. The molecule has 2 bridgehead atoms. The van der Waals surface area contributed by atoms with Gasteiger partial charge in [-0.1, -0.05) is 30.7 Å². The van der Waals surface area contributed by atoms with Gasteiger partial charge in [-0.2, -0.15) is 0 Å². The fourth-order valence-corrected chi connectivity index (χ4v) is 4.36. The molecule has 0 aliphatic heterocycles. The molecule has 2 saturated carbocycles. The standard InChI is InChI=1S/C19H28N2O/c1-13-5-2-3-6-14(13)9-10-21-19(22)17-11-15-7-4-8-16(12-17)18(15)20/h2-3,5-6,15-18H,4,7-12,20H2,1H3,(H,21,22). The van der Waals surface area contributed by atoms with Crippen molar-refractivity contribution >= 4 is 5.91 Å². The summed E-state index contributed by atoms with van der Waals surface area (Å²) in [4.78, 5) is 12.5. The molecule has 2 aliphatic rings. The summed E-state index contributed by atoms with van der Waals surface area (Å²) in [5, 5.41) is 3.15. The molecule has 0 aromatic heterocycles. The zero-order valence-electron chi connectivity index (χ0n) is 13.6. The molecule has 1 amide bonds. The molecular weight excluding hydrogens is 272 g/mol. The zero-order chi connectivity index (χ0) is 15.5. The van der Waals surface area contributed by atoms with Crippen LogP contribution in [0, 0.1) is 24.7 Å². The summed E-state index contributed by atoms with van der Waals surface area (Å²) in [5.41, 5.74) is 8.93. The van der Waals surface area contributed by atoms with E-state index in [1.165, 1.54) is 30.4 Å². The SMILES string of the molecule is Cc1ccccc1CCNC(=O)C1CC2CCCC(C1)C2N. The summed E-state index contributed by atoms with van der Waals surface area (Å²) < 4.78 is 0. The van der Waals surface area contributed by atoms with E-state index in [0.29, 0.717) is 17.9 Å². The molecule has 0 heterocycles. The van der Waals surface area contributed by atoms with E-state index >= 15 is 0 Å². The third-order valence-electron chi connectivity index (χ3n) is 5.74. The highest BCUT2D eigenvalue weighted by molar-refractivity contribution is 5.78. The largest absolute Gasteiger partial charge is 0.356 e. The maximum atomic E-state index is 12.5. The predicted octanol–water partition coefficient (Wildman–Crippen LogP) is 2.81. The summed E-state index contributed by atoms with van der Waals surface area (Å²) in [6.45, 7) is 2.86. The molecule has 3 N–H and O–H groups in total. The lowest BCUT2D eigenvalue weighted by molar-refractivity contribution is -0.127. The first-order valence-electron chi connectivity index (χ1n) is 8.73. The third-order valence-corrected chi connectivity index (χ3v) is 5.74. The van der Waals surface area contributed by atoms with Crippen molar-refractivity contribution in [3.8, 4) is 0 Å². The topological polar surface area (TPSA) is 55.1 Å². The summed E-state index contributed by atoms with van der Waals surface area (Å²) in [6, 6.07) is 8.73. The first-order valence-corrected chi connectivity index (χ1v) is 8.73. The monoisotopic (exact) mass is 300 g/mol. The number of aryl methyl sites for hydroxylation is 1. The molecule has 2 aliphatic carbocycles. The number of nitrogens with one attached hydrogen (secondary N) is 1. The van der Waals surface area contributed by atoms with E-state index in [4.69, 9.17) is 5.73 Å². The minimum absolute atomic E-state index is 0.187. The van der Waals surface area contributed by atoms with Gasteiger partial charge in [0.05, 0.1) is 0 Å². The van der Waals surface area contributed by atoms with E-state index in [9.17, 15) is 4.79 Å². The first kappa shape index (κ1) is 15.5. The van der Waals surface area contributed by atoms with Crippen LogP contribution in [0.15, 0.2) is 24.3 Å². The van der Waals surface area contributed by atoms with Crippen LogP contribution in [0.3, 0.4) is 0 Å². The van der Waals surface area contributed by atoms with Gasteiger partial charge < -0.3 is 11.1 Å². The van der Waals surface area contributed by atoms with Crippen molar-refractivity contribution in [1.82, 2.24) is 5.32 Å². The van der Waals surface area contributed by atoms with Gasteiger partial charge in [-0.15, -0.1) is 0 Å². The lowest BCUT2D eigenvalue weighted by Crippen LogP contribution is -2.49. The molecule has 3 rings (SSSR count). The van der Waals surface area contributed by atoms with Crippen LogP contribution in [0.25, 0.3) is 0 Å². The van der Waals surface area contributed by atoms with E-state index in [-0.39, 0.29) is 11.8 Å². The van der Waals surface area contributed by atoms with Crippen LogP contribution in [0.5, 0.6) is 0 Å². The van der Waals surface area contributed by atoms with Gasteiger partial charge in [-0.3, -0.25) is 4.79 Å². The predicted molar refractivity (Wildman–Crippen MR) is 89.4 cm³/mol. The second-order valence-electron chi connectivity index (χ2n) is 7.16. The molecule has 3 heteroatoms. The van der Waals surface area contributed by atoms with E-state index in [1.807, 2.05) is 0 Å².